The van der Waals surface area contributed by atoms with Crippen molar-refractivity contribution in [2.24, 2.45) is 0 Å². The number of guanidine groups is 1. The van der Waals surface area contributed by atoms with Crippen LogP contribution in [-0.2, 0) is 15.6 Å². The molecular formula is C17H18N6O2S. The smallest absolute Gasteiger partial charge is 0.239 e. The Kier molecular flexibility index (Phi) is 4.29. The Morgan fingerprint density at radius 1 is 1.31 bits per heavy atom. The molecule has 1 aromatic carbocycles. The van der Waals surface area contributed by atoms with Crippen LogP contribution in [0.5, 0.6) is 0 Å². The fraction of sp³-hybridized carbons (Fsp3) is 0.235. The zero-order valence-corrected chi connectivity index (χ0v) is 15.1. The minimum atomic E-state index is -3.61. The molecule has 1 aromatic heterocycles. The largest absolute Gasteiger partial charge is 0.344 e. The summed E-state index contributed by atoms with van der Waals surface area (Å²) >= 11 is 0. The summed E-state index contributed by atoms with van der Waals surface area (Å²) in [5.41, 5.74) is 0.544. The number of aromatic nitrogens is 1. The van der Waals surface area contributed by atoms with E-state index in [0.717, 1.165) is 4.31 Å². The second kappa shape index (κ2) is 6.31. The third-order valence-electron chi connectivity index (χ3n) is 4.22. The first kappa shape index (κ1) is 17.7. The summed E-state index contributed by atoms with van der Waals surface area (Å²) in [6.07, 6.45) is 0. The van der Waals surface area contributed by atoms with Gasteiger partial charge in [0, 0.05) is 7.05 Å². The zero-order valence-electron chi connectivity index (χ0n) is 14.3. The fourth-order valence-corrected chi connectivity index (χ4v) is 4.22. The average Bonchev–Trinajstić information content (AvgIpc) is 2.60. The van der Waals surface area contributed by atoms with Crippen molar-refractivity contribution < 1.29 is 8.42 Å². The Hall–Kier alpha value is -3.12. The summed E-state index contributed by atoms with van der Waals surface area (Å²) in [6, 6.07) is 14.3. The van der Waals surface area contributed by atoms with Crippen molar-refractivity contribution in [1.29, 1.82) is 10.7 Å². The van der Waals surface area contributed by atoms with Crippen LogP contribution < -0.4 is 10.6 Å². The molecule has 3 rings (SSSR count). The Balaban J connectivity index is 1.95. The molecule has 1 saturated heterocycles. The van der Waals surface area contributed by atoms with Gasteiger partial charge in [0.15, 0.2) is 0 Å². The molecular weight excluding hydrogens is 352 g/mol. The predicted molar refractivity (Wildman–Crippen MR) is 98.4 cm³/mol. The van der Waals surface area contributed by atoms with E-state index in [1.54, 1.807) is 49.4 Å². The van der Waals surface area contributed by atoms with Gasteiger partial charge in [0.05, 0.1) is 28.2 Å². The molecule has 8 nitrogen and oxygen atoms in total. The van der Waals surface area contributed by atoms with Crippen LogP contribution >= 0.6 is 0 Å². The van der Waals surface area contributed by atoms with Gasteiger partial charge in [-0.2, -0.15) is 5.26 Å². The number of nitrogens with zero attached hydrogens (tertiary/aromatic N) is 3. The third-order valence-corrected chi connectivity index (χ3v) is 6.18. The van der Waals surface area contributed by atoms with Crippen molar-refractivity contribution in [2.45, 2.75) is 12.5 Å². The maximum Gasteiger partial charge on any atom is 0.239 e. The zero-order chi connectivity index (χ0) is 18.9. The number of para-hydroxylation sites is 1. The average molecular weight is 370 g/mol. The van der Waals surface area contributed by atoms with E-state index in [0.29, 0.717) is 22.8 Å². The van der Waals surface area contributed by atoms with Crippen molar-refractivity contribution in [3.8, 4) is 6.07 Å². The number of nitrogens with one attached hydrogen (secondary N) is 3. The molecule has 3 N–H and O–H groups in total. The summed E-state index contributed by atoms with van der Waals surface area (Å²) in [6.45, 7) is 1.70. The van der Waals surface area contributed by atoms with Gasteiger partial charge in [0.25, 0.3) is 0 Å². The molecule has 1 fully saturated rings. The highest BCUT2D eigenvalue weighted by molar-refractivity contribution is 7.89. The van der Waals surface area contributed by atoms with E-state index < -0.39 is 15.6 Å². The van der Waals surface area contributed by atoms with E-state index in [1.165, 1.54) is 7.05 Å². The number of sulfonamides is 1. The normalized spacial score (nSPS) is 21.6. The predicted octanol–water partition coefficient (Wildman–Crippen LogP) is 1.71. The molecule has 134 valence electrons. The Morgan fingerprint density at radius 3 is 2.73 bits per heavy atom. The minimum Gasteiger partial charge on any atom is -0.344 e. The molecule has 1 aliphatic heterocycles. The Labute approximate surface area is 152 Å². The van der Waals surface area contributed by atoms with Gasteiger partial charge >= 0.3 is 0 Å². The molecule has 0 radical (unpaired) electrons. The molecule has 0 unspecified atom stereocenters. The number of anilines is 2. The molecule has 26 heavy (non-hydrogen) atoms. The van der Waals surface area contributed by atoms with E-state index in [-0.39, 0.29) is 11.7 Å². The first-order chi connectivity index (χ1) is 12.2. The lowest BCUT2D eigenvalue weighted by molar-refractivity contribution is 0.410. The van der Waals surface area contributed by atoms with Crippen molar-refractivity contribution in [3.05, 3.63) is 53.7 Å². The second-order valence-electron chi connectivity index (χ2n) is 6.22. The van der Waals surface area contributed by atoms with Crippen LogP contribution in [0.2, 0.25) is 0 Å². The van der Waals surface area contributed by atoms with Crippen molar-refractivity contribution in [3.63, 3.8) is 0 Å². The first-order valence-electron chi connectivity index (χ1n) is 7.82. The van der Waals surface area contributed by atoms with Crippen LogP contribution in [0.3, 0.4) is 0 Å². The van der Waals surface area contributed by atoms with Gasteiger partial charge in [-0.1, -0.05) is 18.2 Å². The summed E-state index contributed by atoms with van der Waals surface area (Å²) in [4.78, 5) is 4.50. The summed E-state index contributed by atoms with van der Waals surface area (Å²) < 4.78 is 25.5. The van der Waals surface area contributed by atoms with Crippen LogP contribution in [0.1, 0.15) is 18.2 Å². The number of rotatable bonds is 3. The van der Waals surface area contributed by atoms with Crippen molar-refractivity contribution in [2.75, 3.05) is 18.1 Å². The van der Waals surface area contributed by atoms with Gasteiger partial charge < -0.3 is 10.6 Å². The molecule has 0 saturated carbocycles. The maximum absolute atomic E-state index is 12.3. The third kappa shape index (κ3) is 3.19. The standard InChI is InChI=1S/C17H18N6O2S/c1-17(11-26(24,25)23(2)16(19)22-17)14-8-5-9-15(21-14)20-13-7-4-3-6-12(13)10-18/h3-9H,11H2,1-2H3,(H2,19,22)(H,20,21)/t17-/m0/s1. The molecule has 0 aliphatic carbocycles. The molecule has 1 atom stereocenters. The number of hydrogen-bond donors (Lipinski definition) is 3. The summed E-state index contributed by atoms with van der Waals surface area (Å²) in [7, 11) is -2.26. The molecule has 0 bridgehead atoms. The first-order valence-corrected chi connectivity index (χ1v) is 9.43. The summed E-state index contributed by atoms with van der Waals surface area (Å²) in [5, 5.41) is 23.1. The monoisotopic (exact) mass is 370 g/mol. The number of hydrogen-bond acceptors (Lipinski definition) is 6. The highest BCUT2D eigenvalue weighted by Gasteiger charge is 2.42. The van der Waals surface area contributed by atoms with Gasteiger partial charge in [0.1, 0.15) is 11.9 Å². The quantitative estimate of drug-likeness (QED) is 0.756. The van der Waals surface area contributed by atoms with Gasteiger partial charge in [-0.05, 0) is 31.2 Å². The lowest BCUT2D eigenvalue weighted by atomic mass is 9.99. The van der Waals surface area contributed by atoms with Crippen LogP contribution in [-0.4, -0.2) is 36.5 Å². The Morgan fingerprint density at radius 2 is 2.04 bits per heavy atom. The van der Waals surface area contributed by atoms with E-state index in [4.69, 9.17) is 5.41 Å². The number of benzene rings is 1. The molecule has 2 heterocycles. The van der Waals surface area contributed by atoms with Crippen molar-refractivity contribution >= 4 is 27.5 Å². The van der Waals surface area contributed by atoms with Gasteiger partial charge in [0.2, 0.25) is 16.0 Å². The van der Waals surface area contributed by atoms with Crippen LogP contribution in [0.15, 0.2) is 42.5 Å². The van der Waals surface area contributed by atoms with E-state index in [1.807, 2.05) is 0 Å². The lowest BCUT2D eigenvalue weighted by Gasteiger charge is -2.39. The minimum absolute atomic E-state index is 0.200. The second-order valence-corrected chi connectivity index (χ2v) is 8.22. The molecule has 0 spiro atoms. The van der Waals surface area contributed by atoms with Crippen LogP contribution in [0.25, 0.3) is 0 Å². The van der Waals surface area contributed by atoms with Crippen LogP contribution in [0, 0.1) is 16.7 Å². The van der Waals surface area contributed by atoms with Gasteiger partial charge in [-0.25, -0.2) is 17.7 Å². The summed E-state index contributed by atoms with van der Waals surface area (Å²) in [5.74, 6) is 0.0641. The molecule has 1 aliphatic rings. The fourth-order valence-electron chi connectivity index (χ4n) is 2.75. The highest BCUT2D eigenvalue weighted by Crippen LogP contribution is 2.28. The van der Waals surface area contributed by atoms with E-state index >= 15 is 0 Å². The molecule has 2 aromatic rings. The lowest BCUT2D eigenvalue weighted by Crippen LogP contribution is -2.61. The maximum atomic E-state index is 12.3. The number of nitriles is 1. The number of pyridine rings is 1. The SMILES string of the molecule is CN1C(=N)N[C@](C)(c2cccc(Nc3ccccc3C#N)n2)CS1(=O)=O. The highest BCUT2D eigenvalue weighted by atomic mass is 32.2. The van der Waals surface area contributed by atoms with E-state index in [9.17, 15) is 13.7 Å². The Bertz CT molecular complexity index is 1010. The topological polar surface area (TPSA) is 122 Å². The van der Waals surface area contributed by atoms with Crippen molar-refractivity contribution in [1.82, 2.24) is 14.6 Å². The molecule has 0 amide bonds. The van der Waals surface area contributed by atoms with Gasteiger partial charge in [-0.15, -0.1) is 0 Å². The van der Waals surface area contributed by atoms with Gasteiger partial charge in [-0.3, -0.25) is 5.41 Å². The van der Waals surface area contributed by atoms with E-state index in [2.05, 4.69) is 21.7 Å². The van der Waals surface area contributed by atoms with Crippen LogP contribution in [0.4, 0.5) is 11.5 Å². The molecule has 9 heteroatoms.